The second kappa shape index (κ2) is 4.26. The van der Waals surface area contributed by atoms with Gasteiger partial charge in [-0.15, -0.1) is 0 Å². The van der Waals surface area contributed by atoms with Gasteiger partial charge in [0.05, 0.1) is 12.7 Å². The lowest BCUT2D eigenvalue weighted by atomic mass is 9.94. The number of hydrogen-bond acceptors (Lipinski definition) is 4. The molecule has 0 radical (unpaired) electrons. The Morgan fingerprint density at radius 2 is 1.81 bits per heavy atom. The first-order valence-electron chi connectivity index (χ1n) is 6.31. The van der Waals surface area contributed by atoms with Crippen molar-refractivity contribution in [1.29, 1.82) is 0 Å². The highest BCUT2D eigenvalue weighted by atomic mass is 16.8. The van der Waals surface area contributed by atoms with Gasteiger partial charge in [-0.2, -0.15) is 0 Å². The van der Waals surface area contributed by atoms with E-state index in [1.807, 2.05) is 0 Å². The van der Waals surface area contributed by atoms with E-state index in [9.17, 15) is 0 Å². The molecule has 4 heteroatoms. The van der Waals surface area contributed by atoms with Gasteiger partial charge in [-0.25, -0.2) is 0 Å². The van der Waals surface area contributed by atoms with E-state index in [0.717, 1.165) is 19.3 Å². The Labute approximate surface area is 96.2 Å². The van der Waals surface area contributed by atoms with Crippen molar-refractivity contribution < 1.29 is 18.9 Å². The average Bonchev–Trinajstić information content (AvgIpc) is 2.66. The van der Waals surface area contributed by atoms with Crippen molar-refractivity contribution in [2.75, 3.05) is 13.7 Å². The van der Waals surface area contributed by atoms with Crippen LogP contribution in [0.4, 0.5) is 0 Å². The van der Waals surface area contributed by atoms with Crippen molar-refractivity contribution in [3.8, 4) is 0 Å². The maximum Gasteiger partial charge on any atom is 0.169 e. The van der Waals surface area contributed by atoms with Gasteiger partial charge >= 0.3 is 0 Å². The summed E-state index contributed by atoms with van der Waals surface area (Å²) in [4.78, 5) is 0. The van der Waals surface area contributed by atoms with Gasteiger partial charge in [-0.05, 0) is 12.8 Å². The minimum absolute atomic E-state index is 0.115. The Kier molecular flexibility index (Phi) is 2.92. The molecule has 0 N–H and O–H groups in total. The molecule has 2 saturated heterocycles. The minimum Gasteiger partial charge on any atom is -0.356 e. The Morgan fingerprint density at radius 1 is 1.06 bits per heavy atom. The second-order valence-electron chi connectivity index (χ2n) is 5.02. The van der Waals surface area contributed by atoms with Crippen molar-refractivity contribution in [3.05, 3.63) is 0 Å². The van der Waals surface area contributed by atoms with Crippen LogP contribution in [0.5, 0.6) is 0 Å². The lowest BCUT2D eigenvalue weighted by Crippen LogP contribution is -2.39. The van der Waals surface area contributed by atoms with Crippen molar-refractivity contribution in [2.24, 2.45) is 0 Å². The normalized spacial score (nSPS) is 42.2. The van der Waals surface area contributed by atoms with E-state index >= 15 is 0 Å². The van der Waals surface area contributed by atoms with Crippen LogP contribution >= 0.6 is 0 Å². The number of ether oxygens (including phenoxy) is 4. The summed E-state index contributed by atoms with van der Waals surface area (Å²) in [6, 6.07) is 0. The van der Waals surface area contributed by atoms with Crippen LogP contribution in [0.15, 0.2) is 0 Å². The fourth-order valence-electron chi connectivity index (χ4n) is 3.02. The van der Waals surface area contributed by atoms with E-state index in [-0.39, 0.29) is 24.3 Å². The zero-order valence-corrected chi connectivity index (χ0v) is 9.81. The predicted octanol–water partition coefficient (Wildman–Crippen LogP) is 1.82. The van der Waals surface area contributed by atoms with E-state index in [1.54, 1.807) is 7.11 Å². The molecule has 3 atom stereocenters. The van der Waals surface area contributed by atoms with Crippen LogP contribution in [-0.4, -0.2) is 38.0 Å². The first-order valence-corrected chi connectivity index (χ1v) is 6.31. The maximum atomic E-state index is 6.14. The highest BCUT2D eigenvalue weighted by molar-refractivity contribution is 4.90. The van der Waals surface area contributed by atoms with Crippen molar-refractivity contribution >= 4 is 0 Å². The van der Waals surface area contributed by atoms with Crippen LogP contribution in [0.2, 0.25) is 0 Å². The van der Waals surface area contributed by atoms with E-state index in [4.69, 9.17) is 18.9 Å². The number of methoxy groups -OCH3 is 1. The molecular formula is C12H20O4. The van der Waals surface area contributed by atoms with E-state index in [1.165, 1.54) is 19.3 Å². The Balaban J connectivity index is 1.66. The molecule has 3 aliphatic rings. The van der Waals surface area contributed by atoms with E-state index in [2.05, 4.69) is 0 Å². The zero-order chi connectivity index (χ0) is 11.0. The second-order valence-corrected chi connectivity index (χ2v) is 5.02. The van der Waals surface area contributed by atoms with Gasteiger partial charge in [0.25, 0.3) is 0 Å². The number of hydrogen-bond donors (Lipinski definition) is 0. The van der Waals surface area contributed by atoms with Crippen molar-refractivity contribution in [3.63, 3.8) is 0 Å². The SMILES string of the molecule is CO[C@@H]1C[C@H]2OC3(CCCCC3)O[C@@H]2CO1. The molecule has 0 aromatic heterocycles. The molecule has 0 aromatic rings. The van der Waals surface area contributed by atoms with Crippen LogP contribution in [0, 0.1) is 0 Å². The third kappa shape index (κ3) is 1.88. The highest BCUT2D eigenvalue weighted by Crippen LogP contribution is 2.43. The number of rotatable bonds is 1. The molecule has 92 valence electrons. The Hall–Kier alpha value is -0.160. The lowest BCUT2D eigenvalue weighted by Gasteiger charge is -2.31. The third-order valence-corrected chi connectivity index (χ3v) is 3.90. The molecule has 0 bridgehead atoms. The van der Waals surface area contributed by atoms with Gasteiger partial charge in [0.1, 0.15) is 6.10 Å². The summed E-state index contributed by atoms with van der Waals surface area (Å²) in [6.07, 6.45) is 6.77. The van der Waals surface area contributed by atoms with Gasteiger partial charge < -0.3 is 18.9 Å². The molecule has 3 fully saturated rings. The van der Waals surface area contributed by atoms with Crippen LogP contribution < -0.4 is 0 Å². The summed E-state index contributed by atoms with van der Waals surface area (Å²) in [6.45, 7) is 0.602. The first-order chi connectivity index (χ1) is 7.81. The first kappa shape index (κ1) is 11.0. The summed E-state index contributed by atoms with van der Waals surface area (Å²) < 4.78 is 23.0. The maximum absolute atomic E-state index is 6.14. The molecule has 4 nitrogen and oxygen atoms in total. The van der Waals surface area contributed by atoms with Crippen molar-refractivity contribution in [2.45, 2.75) is 62.8 Å². The monoisotopic (exact) mass is 228 g/mol. The molecule has 16 heavy (non-hydrogen) atoms. The summed E-state index contributed by atoms with van der Waals surface area (Å²) in [5.74, 6) is -0.292. The summed E-state index contributed by atoms with van der Waals surface area (Å²) in [5, 5.41) is 0. The molecule has 3 rings (SSSR count). The van der Waals surface area contributed by atoms with Gasteiger partial charge in [-0.1, -0.05) is 6.42 Å². The molecule has 0 aromatic carbocycles. The lowest BCUT2D eigenvalue weighted by molar-refractivity contribution is -0.194. The smallest absolute Gasteiger partial charge is 0.169 e. The molecule has 1 saturated carbocycles. The summed E-state index contributed by atoms with van der Waals surface area (Å²) in [5.41, 5.74) is 0. The highest BCUT2D eigenvalue weighted by Gasteiger charge is 2.50. The molecule has 1 spiro atoms. The summed E-state index contributed by atoms with van der Waals surface area (Å²) in [7, 11) is 1.68. The fraction of sp³-hybridized carbons (Fsp3) is 1.00. The Morgan fingerprint density at radius 3 is 2.56 bits per heavy atom. The van der Waals surface area contributed by atoms with Crippen LogP contribution in [-0.2, 0) is 18.9 Å². The quantitative estimate of drug-likeness (QED) is 0.686. The van der Waals surface area contributed by atoms with Crippen LogP contribution in [0.25, 0.3) is 0 Å². The van der Waals surface area contributed by atoms with Gasteiger partial charge in [0.15, 0.2) is 12.1 Å². The van der Waals surface area contributed by atoms with Crippen LogP contribution in [0.1, 0.15) is 38.5 Å². The Bertz CT molecular complexity index is 249. The fourth-order valence-corrected chi connectivity index (χ4v) is 3.02. The standard InChI is InChI=1S/C12H20O4/c1-13-11-7-9-10(8-14-11)16-12(15-9)5-3-2-4-6-12/h9-11H,2-8H2,1H3/t9-,10-,11+/m1/s1. The van der Waals surface area contributed by atoms with Gasteiger partial charge in [-0.3, -0.25) is 0 Å². The van der Waals surface area contributed by atoms with Gasteiger partial charge in [0.2, 0.25) is 0 Å². The molecule has 1 aliphatic carbocycles. The van der Waals surface area contributed by atoms with Crippen LogP contribution in [0.3, 0.4) is 0 Å². The summed E-state index contributed by atoms with van der Waals surface area (Å²) >= 11 is 0. The molecular weight excluding hydrogens is 208 g/mol. The minimum atomic E-state index is -0.292. The van der Waals surface area contributed by atoms with Gasteiger partial charge in [0, 0.05) is 26.4 Å². The number of fused-ring (bicyclic) bond motifs is 1. The third-order valence-electron chi connectivity index (χ3n) is 3.90. The zero-order valence-electron chi connectivity index (χ0n) is 9.81. The molecule has 0 amide bonds. The largest absolute Gasteiger partial charge is 0.356 e. The molecule has 2 heterocycles. The van der Waals surface area contributed by atoms with Crippen molar-refractivity contribution in [1.82, 2.24) is 0 Å². The van der Waals surface area contributed by atoms with E-state index < -0.39 is 0 Å². The molecule has 2 aliphatic heterocycles. The average molecular weight is 228 g/mol. The molecule has 0 unspecified atom stereocenters. The van der Waals surface area contributed by atoms with E-state index in [0.29, 0.717) is 6.61 Å². The topological polar surface area (TPSA) is 36.9 Å². The predicted molar refractivity (Wildman–Crippen MR) is 56.9 cm³/mol.